The van der Waals surface area contributed by atoms with Crippen LogP contribution >= 0.6 is 24.0 Å². The third kappa shape index (κ3) is 5.28. The highest BCUT2D eigenvalue weighted by molar-refractivity contribution is 8.26. The first-order valence-electron chi connectivity index (χ1n) is 13.5. The molecule has 1 aromatic heterocycles. The van der Waals surface area contributed by atoms with Crippen molar-refractivity contribution in [2.45, 2.75) is 91.6 Å². The number of rotatable bonds is 6. The van der Waals surface area contributed by atoms with Gasteiger partial charge in [0.25, 0.3) is 11.5 Å². The summed E-state index contributed by atoms with van der Waals surface area (Å²) in [7, 11) is 0. The van der Waals surface area contributed by atoms with Crippen LogP contribution in [0.25, 0.3) is 6.08 Å². The monoisotopic (exact) mass is 526 g/mol. The lowest BCUT2D eigenvalue weighted by molar-refractivity contribution is -0.124. The molecule has 2 aliphatic heterocycles. The molecule has 0 aromatic carbocycles. The van der Waals surface area contributed by atoms with Crippen molar-refractivity contribution in [1.29, 1.82) is 5.26 Å². The van der Waals surface area contributed by atoms with Crippen molar-refractivity contribution in [3.63, 3.8) is 0 Å². The molecule has 8 heteroatoms. The van der Waals surface area contributed by atoms with Gasteiger partial charge in [0.1, 0.15) is 21.8 Å². The van der Waals surface area contributed by atoms with Crippen LogP contribution in [-0.4, -0.2) is 38.8 Å². The number of amides is 1. The summed E-state index contributed by atoms with van der Waals surface area (Å²) in [4.78, 5) is 31.8. The molecule has 1 aliphatic carbocycles. The number of hydrogen-bond donors (Lipinski definition) is 0. The van der Waals surface area contributed by atoms with E-state index in [-0.39, 0.29) is 23.1 Å². The third-order valence-corrected chi connectivity index (χ3v) is 9.12. The molecule has 3 heterocycles. The zero-order valence-corrected chi connectivity index (χ0v) is 23.6. The fraction of sp³-hybridized carbons (Fsp3) is 0.643. The lowest BCUT2D eigenvalue weighted by Gasteiger charge is -2.39. The molecule has 36 heavy (non-hydrogen) atoms. The van der Waals surface area contributed by atoms with Gasteiger partial charge in [-0.15, -0.1) is 0 Å². The molecule has 0 spiro atoms. The van der Waals surface area contributed by atoms with Crippen molar-refractivity contribution in [2.24, 2.45) is 11.8 Å². The molecule has 2 atom stereocenters. The van der Waals surface area contributed by atoms with Gasteiger partial charge in [-0.3, -0.25) is 19.1 Å². The van der Waals surface area contributed by atoms with Crippen molar-refractivity contribution >= 4 is 46.1 Å². The highest BCUT2D eigenvalue weighted by Gasteiger charge is 2.38. The van der Waals surface area contributed by atoms with E-state index in [9.17, 15) is 14.9 Å². The third-order valence-electron chi connectivity index (χ3n) is 7.79. The van der Waals surface area contributed by atoms with Crippen LogP contribution in [0, 0.1) is 30.1 Å². The molecule has 6 nitrogen and oxygen atoms in total. The van der Waals surface area contributed by atoms with Crippen molar-refractivity contribution in [3.05, 3.63) is 31.9 Å². The minimum Gasteiger partial charge on any atom is -0.357 e. The quantitative estimate of drug-likeness (QED) is 0.342. The molecule has 3 fully saturated rings. The van der Waals surface area contributed by atoms with Crippen molar-refractivity contribution in [2.75, 3.05) is 18.0 Å². The van der Waals surface area contributed by atoms with E-state index in [0.29, 0.717) is 33.2 Å². The molecule has 194 valence electrons. The second kappa shape index (κ2) is 11.5. The van der Waals surface area contributed by atoms with E-state index < -0.39 is 0 Å². The Hall–Kier alpha value is -2.11. The first kappa shape index (κ1) is 26.9. The summed E-state index contributed by atoms with van der Waals surface area (Å²) in [6.07, 6.45) is 10.3. The Kier molecular flexibility index (Phi) is 8.62. The number of carbonyl (C=O) groups excluding carboxylic acids is 1. The number of nitriles is 1. The number of thioether (sulfide) groups is 1. The summed E-state index contributed by atoms with van der Waals surface area (Å²) in [6, 6.07) is 2.34. The zero-order chi connectivity index (χ0) is 26.0. The van der Waals surface area contributed by atoms with Crippen molar-refractivity contribution in [3.8, 4) is 6.07 Å². The standard InChI is InChI=1S/C28H38N4O2S2/c1-5-6-12-31-25(30-16-18(2)13-19(3)17-30)22(20(4)23(15-29)26(31)33)14-24-27(34)32(28(35)36-24)21-10-8-7-9-11-21/h14,18-19,21H,5-13,16-17H2,1-4H3. The highest BCUT2D eigenvalue weighted by Crippen LogP contribution is 2.40. The Balaban J connectivity index is 1.86. The maximum Gasteiger partial charge on any atom is 0.270 e. The number of thiocarbonyl (C=S) groups is 1. The maximum atomic E-state index is 13.6. The Labute approximate surface area is 224 Å². The van der Waals surface area contributed by atoms with Gasteiger partial charge in [-0.2, -0.15) is 5.26 Å². The zero-order valence-electron chi connectivity index (χ0n) is 22.0. The molecule has 2 unspecified atom stereocenters. The van der Waals surface area contributed by atoms with Gasteiger partial charge in [-0.1, -0.05) is 70.4 Å². The number of anilines is 1. The topological polar surface area (TPSA) is 69.3 Å². The van der Waals surface area contributed by atoms with E-state index in [0.717, 1.165) is 69.4 Å². The SMILES string of the molecule is CCCCn1c(N2CC(C)CC(C)C2)c(C=C2SC(=S)N(C3CCCCC3)C2=O)c(C)c(C#N)c1=O. The minimum atomic E-state index is -0.226. The fourth-order valence-electron chi connectivity index (χ4n) is 6.11. The number of piperidine rings is 1. The summed E-state index contributed by atoms with van der Waals surface area (Å²) in [5, 5.41) is 9.93. The lowest BCUT2D eigenvalue weighted by Crippen LogP contribution is -2.43. The smallest absolute Gasteiger partial charge is 0.270 e. The summed E-state index contributed by atoms with van der Waals surface area (Å²) < 4.78 is 2.42. The predicted molar refractivity (Wildman–Crippen MR) is 152 cm³/mol. The molecule has 3 aliphatic rings. The van der Waals surface area contributed by atoms with Gasteiger partial charge in [-0.25, -0.2) is 0 Å². The number of hydrogen-bond acceptors (Lipinski definition) is 6. The fourth-order valence-corrected chi connectivity index (χ4v) is 7.49. The van der Waals surface area contributed by atoms with Gasteiger partial charge in [0.05, 0.1) is 4.91 Å². The van der Waals surface area contributed by atoms with Gasteiger partial charge in [0, 0.05) is 31.2 Å². The number of pyridine rings is 1. The minimum absolute atomic E-state index is 0.0348. The van der Waals surface area contributed by atoms with Gasteiger partial charge in [0.2, 0.25) is 0 Å². The van der Waals surface area contributed by atoms with Crippen LogP contribution in [0.3, 0.4) is 0 Å². The van der Waals surface area contributed by atoms with Crippen LogP contribution in [0.4, 0.5) is 5.82 Å². The highest BCUT2D eigenvalue weighted by atomic mass is 32.2. The van der Waals surface area contributed by atoms with Crippen LogP contribution < -0.4 is 10.5 Å². The number of unbranched alkanes of at least 4 members (excludes halogenated alkanes) is 1. The molecule has 0 radical (unpaired) electrons. The van der Waals surface area contributed by atoms with Crippen LogP contribution in [-0.2, 0) is 11.3 Å². The summed E-state index contributed by atoms with van der Waals surface area (Å²) in [5.41, 5.74) is 1.41. The molecule has 0 bridgehead atoms. The largest absolute Gasteiger partial charge is 0.357 e. The Morgan fingerprint density at radius 3 is 2.42 bits per heavy atom. The van der Waals surface area contributed by atoms with E-state index in [1.54, 1.807) is 4.57 Å². The first-order chi connectivity index (χ1) is 17.3. The molecule has 1 saturated carbocycles. The molecule has 4 rings (SSSR count). The molecule has 2 saturated heterocycles. The van der Waals surface area contributed by atoms with E-state index in [1.165, 1.54) is 18.2 Å². The van der Waals surface area contributed by atoms with E-state index in [4.69, 9.17) is 12.2 Å². The molecular weight excluding hydrogens is 488 g/mol. The number of nitrogens with zero attached hydrogens (tertiary/aromatic N) is 4. The second-order valence-electron chi connectivity index (χ2n) is 10.9. The van der Waals surface area contributed by atoms with Crippen molar-refractivity contribution < 1.29 is 4.79 Å². The average Bonchev–Trinajstić information content (AvgIpc) is 3.12. The second-order valence-corrected chi connectivity index (χ2v) is 12.5. The van der Waals surface area contributed by atoms with Gasteiger partial charge < -0.3 is 4.90 Å². The van der Waals surface area contributed by atoms with E-state index in [2.05, 4.69) is 31.7 Å². The Morgan fingerprint density at radius 2 is 1.81 bits per heavy atom. The van der Waals surface area contributed by atoms with E-state index in [1.807, 2.05) is 17.9 Å². The van der Waals surface area contributed by atoms with Crippen molar-refractivity contribution in [1.82, 2.24) is 9.47 Å². The average molecular weight is 527 g/mol. The first-order valence-corrected chi connectivity index (χ1v) is 14.7. The normalized spacial score (nSPS) is 24.6. The van der Waals surface area contributed by atoms with Crippen LogP contribution in [0.5, 0.6) is 0 Å². The maximum absolute atomic E-state index is 13.6. The molecule has 1 aromatic rings. The van der Waals surface area contributed by atoms with Crippen LogP contribution in [0.15, 0.2) is 9.70 Å². The Bertz CT molecular complexity index is 1150. The van der Waals surface area contributed by atoms with Gasteiger partial charge in [0.15, 0.2) is 0 Å². The summed E-state index contributed by atoms with van der Waals surface area (Å²) in [5.74, 6) is 1.81. The van der Waals surface area contributed by atoms with Crippen LogP contribution in [0.2, 0.25) is 0 Å². The predicted octanol–water partition coefficient (Wildman–Crippen LogP) is 5.84. The van der Waals surface area contributed by atoms with Gasteiger partial charge in [-0.05, 0) is 56.1 Å². The lowest BCUT2D eigenvalue weighted by atomic mass is 9.91. The van der Waals surface area contributed by atoms with E-state index >= 15 is 0 Å². The number of carbonyl (C=O) groups is 1. The van der Waals surface area contributed by atoms with Gasteiger partial charge >= 0.3 is 0 Å². The number of aromatic nitrogens is 1. The molecule has 1 amide bonds. The summed E-state index contributed by atoms with van der Waals surface area (Å²) >= 11 is 7.03. The summed E-state index contributed by atoms with van der Waals surface area (Å²) in [6.45, 7) is 10.7. The molecule has 0 N–H and O–H groups in total. The van der Waals surface area contributed by atoms with Crippen LogP contribution in [0.1, 0.15) is 88.8 Å². The Morgan fingerprint density at radius 1 is 1.14 bits per heavy atom. The molecular formula is C28H38N4O2S2.